The molecule has 1 atom stereocenters. The molecule has 7 heteroatoms. The average molecular weight is 370 g/mol. The number of aromatic nitrogens is 3. The van der Waals surface area contributed by atoms with Gasteiger partial charge in [0.2, 0.25) is 0 Å². The number of hydrogen-bond acceptors (Lipinski definition) is 5. The highest BCUT2D eigenvalue weighted by Crippen LogP contribution is 2.30. The number of aryl methyl sites for hydroxylation is 1. The minimum absolute atomic E-state index is 0.0137. The Balaban J connectivity index is 2.04. The average Bonchev–Trinajstić information content (AvgIpc) is 3.08. The van der Waals surface area contributed by atoms with Crippen molar-refractivity contribution in [3.63, 3.8) is 0 Å². The van der Waals surface area contributed by atoms with Crippen LogP contribution in [0.4, 0.5) is 5.82 Å². The molecule has 0 saturated carbocycles. The molecular formula is C19H22N4O2S. The summed E-state index contributed by atoms with van der Waals surface area (Å²) in [5.41, 5.74) is 2.46. The molecule has 0 radical (unpaired) electrons. The molecule has 0 fully saturated rings. The predicted octanol–water partition coefficient (Wildman–Crippen LogP) is 3.45. The van der Waals surface area contributed by atoms with Gasteiger partial charge in [-0.25, -0.2) is 18.4 Å². The third kappa shape index (κ3) is 3.77. The Morgan fingerprint density at radius 3 is 2.54 bits per heavy atom. The van der Waals surface area contributed by atoms with Crippen LogP contribution >= 0.6 is 0 Å². The highest BCUT2D eigenvalue weighted by molar-refractivity contribution is 7.91. The van der Waals surface area contributed by atoms with Crippen molar-refractivity contribution in [3.05, 3.63) is 60.7 Å². The second kappa shape index (κ2) is 7.29. The van der Waals surface area contributed by atoms with E-state index in [2.05, 4.69) is 15.3 Å². The van der Waals surface area contributed by atoms with Crippen LogP contribution in [0.2, 0.25) is 0 Å². The number of benzene rings is 1. The smallest absolute Gasteiger partial charge is 0.179 e. The molecule has 0 spiro atoms. The molecular weight excluding hydrogens is 348 g/mol. The summed E-state index contributed by atoms with van der Waals surface area (Å²) in [6.07, 6.45) is 4.93. The van der Waals surface area contributed by atoms with E-state index >= 15 is 0 Å². The molecule has 0 aliphatic carbocycles. The normalized spacial score (nSPS) is 12.7. The molecule has 0 bridgehead atoms. The van der Waals surface area contributed by atoms with Gasteiger partial charge in [0.05, 0.1) is 22.7 Å². The molecule has 0 unspecified atom stereocenters. The number of pyridine rings is 1. The van der Waals surface area contributed by atoms with Crippen molar-refractivity contribution < 1.29 is 8.42 Å². The lowest BCUT2D eigenvalue weighted by atomic mass is 10.1. The van der Waals surface area contributed by atoms with Crippen molar-refractivity contribution in [3.8, 4) is 11.3 Å². The Labute approximate surface area is 153 Å². The van der Waals surface area contributed by atoms with Gasteiger partial charge in [0.25, 0.3) is 0 Å². The van der Waals surface area contributed by atoms with Crippen LogP contribution in [0.15, 0.2) is 60.0 Å². The molecule has 136 valence electrons. The van der Waals surface area contributed by atoms with E-state index in [1.807, 2.05) is 55.1 Å². The summed E-state index contributed by atoms with van der Waals surface area (Å²) in [6.45, 7) is 3.66. The van der Waals surface area contributed by atoms with Gasteiger partial charge in [-0.15, -0.1) is 0 Å². The van der Waals surface area contributed by atoms with E-state index < -0.39 is 9.84 Å². The maximum Gasteiger partial charge on any atom is 0.179 e. The van der Waals surface area contributed by atoms with Crippen molar-refractivity contribution >= 4 is 15.7 Å². The van der Waals surface area contributed by atoms with Crippen LogP contribution in [0, 0.1) is 0 Å². The highest BCUT2D eigenvalue weighted by Gasteiger charge is 2.18. The minimum Gasteiger partial charge on any atom is -0.363 e. The Morgan fingerprint density at radius 1 is 1.19 bits per heavy atom. The standard InChI is InChI=1S/C19H22N4O2S/c1-4-26(24,25)16-10-17(18-12-23(3)13-21-18)19(20-11-16)22-14(2)15-8-6-5-7-9-15/h5-14H,4H2,1-3H3,(H,20,22)/t14-/m1/s1. The Bertz CT molecular complexity index is 997. The van der Waals surface area contributed by atoms with E-state index in [0.717, 1.165) is 5.56 Å². The maximum absolute atomic E-state index is 12.3. The first-order valence-corrected chi connectivity index (χ1v) is 10.1. The van der Waals surface area contributed by atoms with Gasteiger partial charge in [-0.1, -0.05) is 37.3 Å². The van der Waals surface area contributed by atoms with Crippen LogP contribution < -0.4 is 5.32 Å². The summed E-state index contributed by atoms with van der Waals surface area (Å²) in [7, 11) is -1.47. The summed E-state index contributed by atoms with van der Waals surface area (Å²) in [5, 5.41) is 3.38. The van der Waals surface area contributed by atoms with E-state index in [1.54, 1.807) is 19.3 Å². The molecule has 1 N–H and O–H groups in total. The van der Waals surface area contributed by atoms with Crippen molar-refractivity contribution in [1.82, 2.24) is 14.5 Å². The third-order valence-corrected chi connectivity index (χ3v) is 5.94. The van der Waals surface area contributed by atoms with Crippen LogP contribution in [0.25, 0.3) is 11.3 Å². The molecule has 6 nitrogen and oxygen atoms in total. The zero-order chi connectivity index (χ0) is 18.7. The second-order valence-corrected chi connectivity index (χ2v) is 8.45. The molecule has 3 rings (SSSR count). The van der Waals surface area contributed by atoms with Crippen molar-refractivity contribution in [2.24, 2.45) is 7.05 Å². The van der Waals surface area contributed by atoms with Gasteiger partial charge in [-0.05, 0) is 18.6 Å². The Morgan fingerprint density at radius 2 is 1.92 bits per heavy atom. The summed E-state index contributed by atoms with van der Waals surface area (Å²) in [4.78, 5) is 8.98. The lowest BCUT2D eigenvalue weighted by molar-refractivity contribution is 0.597. The Kier molecular flexibility index (Phi) is 5.08. The number of sulfone groups is 1. The van der Waals surface area contributed by atoms with Crippen LogP contribution in [-0.2, 0) is 16.9 Å². The number of imidazole rings is 1. The maximum atomic E-state index is 12.3. The first-order valence-electron chi connectivity index (χ1n) is 8.43. The minimum atomic E-state index is -3.34. The van der Waals surface area contributed by atoms with Gasteiger partial charge in [0, 0.05) is 31.0 Å². The fraction of sp³-hybridized carbons (Fsp3) is 0.263. The number of rotatable bonds is 6. The van der Waals surface area contributed by atoms with Crippen molar-refractivity contribution in [2.75, 3.05) is 11.1 Å². The molecule has 3 aromatic rings. The molecule has 0 amide bonds. The number of anilines is 1. The largest absolute Gasteiger partial charge is 0.363 e. The second-order valence-electron chi connectivity index (χ2n) is 6.17. The molecule has 26 heavy (non-hydrogen) atoms. The van der Waals surface area contributed by atoms with Gasteiger partial charge in [0.1, 0.15) is 5.82 Å². The summed E-state index contributed by atoms with van der Waals surface area (Å²) in [5.74, 6) is 0.638. The fourth-order valence-electron chi connectivity index (χ4n) is 2.67. The number of hydrogen-bond donors (Lipinski definition) is 1. The molecule has 0 aliphatic heterocycles. The summed E-state index contributed by atoms with van der Waals surface area (Å²) >= 11 is 0. The molecule has 2 aromatic heterocycles. The molecule has 0 aliphatic rings. The van der Waals surface area contributed by atoms with Gasteiger partial charge in [0.15, 0.2) is 9.84 Å². The molecule has 1 aromatic carbocycles. The number of nitrogens with one attached hydrogen (secondary N) is 1. The first-order chi connectivity index (χ1) is 12.4. The summed E-state index contributed by atoms with van der Waals surface area (Å²) in [6, 6.07) is 11.7. The SMILES string of the molecule is CCS(=O)(=O)c1cnc(N[C@H](C)c2ccccc2)c(-c2cn(C)cn2)c1. The van der Waals surface area contributed by atoms with E-state index in [9.17, 15) is 8.42 Å². The van der Waals surface area contributed by atoms with Gasteiger partial charge < -0.3 is 9.88 Å². The third-order valence-electron chi connectivity index (χ3n) is 4.24. The Hall–Kier alpha value is -2.67. The fourth-order valence-corrected chi connectivity index (χ4v) is 3.52. The number of nitrogens with zero attached hydrogens (tertiary/aromatic N) is 3. The van der Waals surface area contributed by atoms with Crippen molar-refractivity contribution in [2.45, 2.75) is 24.8 Å². The van der Waals surface area contributed by atoms with Crippen LogP contribution in [0.1, 0.15) is 25.5 Å². The lowest BCUT2D eigenvalue weighted by Crippen LogP contribution is -2.11. The van der Waals surface area contributed by atoms with Crippen LogP contribution in [-0.4, -0.2) is 28.7 Å². The first kappa shape index (κ1) is 18.1. The van der Waals surface area contributed by atoms with Crippen LogP contribution in [0.5, 0.6) is 0 Å². The highest BCUT2D eigenvalue weighted by atomic mass is 32.2. The molecule has 2 heterocycles. The lowest BCUT2D eigenvalue weighted by Gasteiger charge is -2.17. The van der Waals surface area contributed by atoms with E-state index in [4.69, 9.17) is 0 Å². The van der Waals surface area contributed by atoms with Crippen molar-refractivity contribution in [1.29, 1.82) is 0 Å². The van der Waals surface area contributed by atoms with Gasteiger partial charge in [-0.2, -0.15) is 0 Å². The predicted molar refractivity (Wildman–Crippen MR) is 103 cm³/mol. The molecule has 0 saturated heterocycles. The van der Waals surface area contributed by atoms with E-state index in [0.29, 0.717) is 17.1 Å². The van der Waals surface area contributed by atoms with Gasteiger partial charge >= 0.3 is 0 Å². The quantitative estimate of drug-likeness (QED) is 0.719. The zero-order valence-electron chi connectivity index (χ0n) is 15.0. The monoisotopic (exact) mass is 370 g/mol. The topological polar surface area (TPSA) is 76.9 Å². The van der Waals surface area contributed by atoms with E-state index in [-0.39, 0.29) is 16.7 Å². The van der Waals surface area contributed by atoms with E-state index in [1.165, 1.54) is 6.20 Å². The summed E-state index contributed by atoms with van der Waals surface area (Å²) < 4.78 is 26.3. The van der Waals surface area contributed by atoms with Crippen LogP contribution in [0.3, 0.4) is 0 Å². The van der Waals surface area contributed by atoms with Gasteiger partial charge in [-0.3, -0.25) is 0 Å². The zero-order valence-corrected chi connectivity index (χ0v) is 15.9.